The van der Waals surface area contributed by atoms with Crippen LogP contribution in [0.4, 0.5) is 5.82 Å². The number of anilines is 1. The molecule has 7 heteroatoms. The van der Waals surface area contributed by atoms with Gasteiger partial charge in [-0.05, 0) is 6.07 Å². The molecule has 6 nitrogen and oxygen atoms in total. The van der Waals surface area contributed by atoms with Gasteiger partial charge in [-0.25, -0.2) is 13.4 Å². The fourth-order valence-corrected chi connectivity index (χ4v) is 3.62. The third kappa shape index (κ3) is 3.25. The number of nitrogens with zero attached hydrogens (tertiary/aromatic N) is 3. The van der Waals surface area contributed by atoms with Crippen LogP contribution in [0.25, 0.3) is 11.3 Å². The molecular weight excluding hydrogens is 324 g/mol. The molecule has 0 atom stereocenters. The number of aromatic nitrogens is 1. The van der Waals surface area contributed by atoms with E-state index in [2.05, 4.69) is 16.4 Å². The van der Waals surface area contributed by atoms with E-state index in [0.717, 1.165) is 38.0 Å². The highest BCUT2D eigenvalue weighted by Crippen LogP contribution is 2.31. The lowest BCUT2D eigenvalue weighted by atomic mass is 10.1. The Bertz CT molecular complexity index is 883. The standard InChI is InChI=1S/C17H18N4O2S/c1-24(22,23)15-11-14(12-18)17(21-9-7-19-8-10-21)20-16(15)13-5-3-2-4-6-13/h2-6,11,19H,7-10H2,1H3. The Kier molecular flexibility index (Phi) is 4.51. The highest BCUT2D eigenvalue weighted by Gasteiger charge is 2.23. The van der Waals surface area contributed by atoms with Crippen LogP contribution in [0.3, 0.4) is 0 Å². The third-order valence-corrected chi connectivity index (χ3v) is 5.06. The van der Waals surface area contributed by atoms with Crippen LogP contribution in [-0.4, -0.2) is 45.8 Å². The second-order valence-electron chi connectivity index (χ2n) is 5.69. The lowest BCUT2D eigenvalue weighted by Gasteiger charge is -2.29. The summed E-state index contributed by atoms with van der Waals surface area (Å²) in [7, 11) is -3.51. The van der Waals surface area contributed by atoms with E-state index in [1.807, 2.05) is 35.2 Å². The Morgan fingerprint density at radius 1 is 1.21 bits per heavy atom. The van der Waals surface area contributed by atoms with Crippen LogP contribution in [-0.2, 0) is 9.84 Å². The summed E-state index contributed by atoms with van der Waals surface area (Å²) >= 11 is 0. The van der Waals surface area contributed by atoms with Crippen LogP contribution in [0.1, 0.15) is 5.56 Å². The number of nitriles is 1. The highest BCUT2D eigenvalue weighted by molar-refractivity contribution is 7.90. The molecule has 1 aliphatic rings. The van der Waals surface area contributed by atoms with E-state index >= 15 is 0 Å². The molecule has 3 rings (SSSR count). The smallest absolute Gasteiger partial charge is 0.177 e. The van der Waals surface area contributed by atoms with Gasteiger partial charge in [0.15, 0.2) is 9.84 Å². The van der Waals surface area contributed by atoms with Crippen molar-refractivity contribution in [3.63, 3.8) is 0 Å². The van der Waals surface area contributed by atoms with Crippen molar-refractivity contribution >= 4 is 15.7 Å². The summed E-state index contributed by atoms with van der Waals surface area (Å²) in [5.74, 6) is 0.547. The molecule has 124 valence electrons. The minimum atomic E-state index is -3.51. The van der Waals surface area contributed by atoms with Gasteiger partial charge in [0.25, 0.3) is 0 Å². The summed E-state index contributed by atoms with van der Waals surface area (Å²) < 4.78 is 24.4. The van der Waals surface area contributed by atoms with E-state index < -0.39 is 9.84 Å². The third-order valence-electron chi connectivity index (χ3n) is 3.95. The van der Waals surface area contributed by atoms with Gasteiger partial charge < -0.3 is 10.2 Å². The number of hydrogen-bond donors (Lipinski definition) is 1. The van der Waals surface area contributed by atoms with Gasteiger partial charge in [0.05, 0.1) is 16.2 Å². The van der Waals surface area contributed by atoms with Crippen LogP contribution in [0.2, 0.25) is 0 Å². The van der Waals surface area contributed by atoms with Gasteiger partial charge >= 0.3 is 0 Å². The Hall–Kier alpha value is -2.43. The van der Waals surface area contributed by atoms with Crippen molar-refractivity contribution in [1.29, 1.82) is 5.26 Å². The van der Waals surface area contributed by atoms with Crippen molar-refractivity contribution in [2.75, 3.05) is 37.3 Å². The van der Waals surface area contributed by atoms with Crippen LogP contribution < -0.4 is 10.2 Å². The van der Waals surface area contributed by atoms with Crippen molar-refractivity contribution in [3.8, 4) is 17.3 Å². The molecule has 1 aliphatic heterocycles. The Morgan fingerprint density at radius 2 is 1.88 bits per heavy atom. The average Bonchev–Trinajstić information content (AvgIpc) is 2.61. The minimum absolute atomic E-state index is 0.0872. The normalized spacial score (nSPS) is 15.1. The monoisotopic (exact) mass is 342 g/mol. The van der Waals surface area contributed by atoms with Gasteiger partial charge in [0, 0.05) is 38.0 Å². The molecule has 0 saturated carbocycles. The first-order chi connectivity index (χ1) is 11.5. The summed E-state index contributed by atoms with van der Waals surface area (Å²) in [6.45, 7) is 3.07. The highest BCUT2D eigenvalue weighted by atomic mass is 32.2. The van der Waals surface area contributed by atoms with Crippen molar-refractivity contribution < 1.29 is 8.42 Å². The molecule has 0 aliphatic carbocycles. The van der Waals surface area contributed by atoms with Crippen molar-refractivity contribution in [2.24, 2.45) is 0 Å². The zero-order valence-corrected chi connectivity index (χ0v) is 14.2. The van der Waals surface area contributed by atoms with Gasteiger partial charge in [-0.1, -0.05) is 30.3 Å². The number of pyridine rings is 1. The lowest BCUT2D eigenvalue weighted by molar-refractivity contribution is 0.584. The summed E-state index contributed by atoms with van der Waals surface area (Å²) in [5, 5.41) is 12.7. The second kappa shape index (κ2) is 6.59. The summed E-state index contributed by atoms with van der Waals surface area (Å²) in [6.07, 6.45) is 1.14. The molecule has 1 fully saturated rings. The maximum Gasteiger partial charge on any atom is 0.177 e. The average molecular weight is 342 g/mol. The number of rotatable bonds is 3. The molecule has 24 heavy (non-hydrogen) atoms. The van der Waals surface area contributed by atoms with Gasteiger partial charge in [0.2, 0.25) is 0 Å². The molecule has 1 saturated heterocycles. The summed E-state index contributed by atoms with van der Waals surface area (Å²) in [4.78, 5) is 6.71. The molecule has 2 aromatic rings. The maximum absolute atomic E-state index is 12.2. The number of nitrogens with one attached hydrogen (secondary N) is 1. The van der Waals surface area contributed by atoms with E-state index in [1.54, 1.807) is 0 Å². The number of benzene rings is 1. The molecule has 0 spiro atoms. The van der Waals surface area contributed by atoms with Crippen molar-refractivity contribution in [1.82, 2.24) is 10.3 Å². The fourth-order valence-electron chi connectivity index (χ4n) is 2.77. The first-order valence-corrected chi connectivity index (χ1v) is 9.56. The molecule has 0 radical (unpaired) electrons. The predicted octanol–water partition coefficient (Wildman–Crippen LogP) is 1.43. The molecule has 1 aromatic carbocycles. The minimum Gasteiger partial charge on any atom is -0.353 e. The molecule has 1 N–H and O–H groups in total. The fraction of sp³-hybridized carbons (Fsp3) is 0.294. The second-order valence-corrected chi connectivity index (χ2v) is 7.68. The SMILES string of the molecule is CS(=O)(=O)c1cc(C#N)c(N2CCNCC2)nc1-c1ccccc1. The zero-order valence-electron chi connectivity index (χ0n) is 13.4. The largest absolute Gasteiger partial charge is 0.353 e. The summed E-state index contributed by atoms with van der Waals surface area (Å²) in [6, 6.07) is 12.7. The van der Waals surface area contributed by atoms with Crippen LogP contribution in [0.15, 0.2) is 41.3 Å². The topological polar surface area (TPSA) is 86.1 Å². The number of piperazine rings is 1. The first kappa shape index (κ1) is 16.4. The molecule has 0 bridgehead atoms. The van der Waals surface area contributed by atoms with Crippen LogP contribution in [0, 0.1) is 11.3 Å². The molecule has 1 aromatic heterocycles. The van der Waals surface area contributed by atoms with Gasteiger partial charge in [-0.15, -0.1) is 0 Å². The Morgan fingerprint density at radius 3 is 2.46 bits per heavy atom. The van der Waals surface area contributed by atoms with Crippen molar-refractivity contribution in [2.45, 2.75) is 4.90 Å². The van der Waals surface area contributed by atoms with Crippen LogP contribution in [0.5, 0.6) is 0 Å². The van der Waals surface area contributed by atoms with Crippen LogP contribution >= 0.6 is 0 Å². The van der Waals surface area contributed by atoms with Gasteiger partial charge in [0.1, 0.15) is 11.9 Å². The predicted molar refractivity (Wildman–Crippen MR) is 92.6 cm³/mol. The summed E-state index contributed by atoms with van der Waals surface area (Å²) in [5.41, 5.74) is 1.40. The molecule has 0 unspecified atom stereocenters. The Balaban J connectivity index is 2.23. The van der Waals surface area contributed by atoms with Gasteiger partial charge in [-0.2, -0.15) is 5.26 Å². The number of sulfone groups is 1. The molecular formula is C17H18N4O2S. The van der Waals surface area contributed by atoms with E-state index in [-0.39, 0.29) is 10.5 Å². The van der Waals surface area contributed by atoms with E-state index in [4.69, 9.17) is 0 Å². The molecule has 0 amide bonds. The van der Waals surface area contributed by atoms with E-state index in [9.17, 15) is 13.7 Å². The zero-order chi connectivity index (χ0) is 17.2. The first-order valence-electron chi connectivity index (χ1n) is 7.67. The number of hydrogen-bond acceptors (Lipinski definition) is 6. The van der Waals surface area contributed by atoms with Gasteiger partial charge in [-0.3, -0.25) is 0 Å². The quantitative estimate of drug-likeness (QED) is 0.908. The Labute approximate surface area is 141 Å². The van der Waals surface area contributed by atoms with E-state index in [1.165, 1.54) is 6.07 Å². The van der Waals surface area contributed by atoms with E-state index in [0.29, 0.717) is 11.5 Å². The maximum atomic E-state index is 12.2. The lowest BCUT2D eigenvalue weighted by Crippen LogP contribution is -2.44. The molecule has 2 heterocycles. The van der Waals surface area contributed by atoms with Crippen molar-refractivity contribution in [3.05, 3.63) is 42.0 Å².